The van der Waals surface area contributed by atoms with E-state index in [4.69, 9.17) is 5.11 Å². The standard InChI is InChI=1S/C16H20N2O3/c1-8(2)14(16(20)21)18-15(19)11-5-6-13-12(7-11)9(3)10(4)17-13/h5-8,14,17H,1-4H3,(H,18,19)(H,20,21)/t14-/m0/s1. The summed E-state index contributed by atoms with van der Waals surface area (Å²) >= 11 is 0. The number of H-pyrrole nitrogens is 1. The number of carbonyl (C=O) groups is 2. The number of hydrogen-bond donors (Lipinski definition) is 3. The largest absolute Gasteiger partial charge is 0.480 e. The van der Waals surface area contributed by atoms with E-state index in [1.54, 1.807) is 26.0 Å². The van der Waals surface area contributed by atoms with Crippen LogP contribution in [0.3, 0.4) is 0 Å². The van der Waals surface area contributed by atoms with Gasteiger partial charge in [-0.1, -0.05) is 13.8 Å². The monoisotopic (exact) mass is 288 g/mol. The van der Waals surface area contributed by atoms with E-state index in [-0.39, 0.29) is 11.8 Å². The molecule has 1 aromatic carbocycles. The van der Waals surface area contributed by atoms with E-state index in [0.717, 1.165) is 22.2 Å². The van der Waals surface area contributed by atoms with E-state index in [9.17, 15) is 9.59 Å². The van der Waals surface area contributed by atoms with Gasteiger partial charge in [-0.15, -0.1) is 0 Å². The van der Waals surface area contributed by atoms with Gasteiger partial charge in [0.15, 0.2) is 0 Å². The van der Waals surface area contributed by atoms with Crippen molar-refractivity contribution in [3.63, 3.8) is 0 Å². The number of aromatic amines is 1. The van der Waals surface area contributed by atoms with Crippen LogP contribution in [-0.2, 0) is 4.79 Å². The zero-order valence-electron chi connectivity index (χ0n) is 12.7. The molecular weight excluding hydrogens is 268 g/mol. The number of amides is 1. The number of fused-ring (bicyclic) bond motifs is 1. The lowest BCUT2D eigenvalue weighted by atomic mass is 10.0. The molecule has 21 heavy (non-hydrogen) atoms. The molecular formula is C16H20N2O3. The summed E-state index contributed by atoms with van der Waals surface area (Å²) in [5, 5.41) is 12.7. The van der Waals surface area contributed by atoms with Gasteiger partial charge in [-0.2, -0.15) is 0 Å². The van der Waals surface area contributed by atoms with Gasteiger partial charge in [0.25, 0.3) is 5.91 Å². The van der Waals surface area contributed by atoms with Gasteiger partial charge in [0.2, 0.25) is 0 Å². The predicted molar refractivity (Wildman–Crippen MR) is 81.5 cm³/mol. The van der Waals surface area contributed by atoms with E-state index in [1.165, 1.54) is 0 Å². The highest BCUT2D eigenvalue weighted by atomic mass is 16.4. The highest BCUT2D eigenvalue weighted by Crippen LogP contribution is 2.22. The summed E-state index contributed by atoms with van der Waals surface area (Å²) in [5.74, 6) is -1.56. The van der Waals surface area contributed by atoms with Gasteiger partial charge in [-0.25, -0.2) is 4.79 Å². The molecule has 1 heterocycles. The van der Waals surface area contributed by atoms with Crippen LogP contribution in [0.5, 0.6) is 0 Å². The molecule has 0 unspecified atom stereocenters. The van der Waals surface area contributed by atoms with Crippen LogP contribution >= 0.6 is 0 Å². The average Bonchev–Trinajstić information content (AvgIpc) is 2.70. The zero-order chi connectivity index (χ0) is 15.7. The van der Waals surface area contributed by atoms with Crippen molar-refractivity contribution in [2.75, 3.05) is 0 Å². The molecule has 0 aliphatic carbocycles. The molecule has 1 amide bonds. The second kappa shape index (κ2) is 5.60. The van der Waals surface area contributed by atoms with E-state index >= 15 is 0 Å². The molecule has 0 aliphatic rings. The minimum Gasteiger partial charge on any atom is -0.480 e. The Balaban J connectivity index is 2.31. The molecule has 0 saturated carbocycles. The molecule has 2 aromatic rings. The van der Waals surface area contributed by atoms with Crippen LogP contribution in [0.2, 0.25) is 0 Å². The lowest BCUT2D eigenvalue weighted by Gasteiger charge is -2.17. The molecule has 112 valence electrons. The molecule has 0 saturated heterocycles. The van der Waals surface area contributed by atoms with Gasteiger partial charge in [0, 0.05) is 22.2 Å². The SMILES string of the molecule is Cc1[nH]c2ccc(C(=O)N[C@H](C(=O)O)C(C)C)cc2c1C. The molecule has 3 N–H and O–H groups in total. The second-order valence-corrected chi connectivity index (χ2v) is 5.67. The first-order chi connectivity index (χ1) is 9.81. The fraction of sp³-hybridized carbons (Fsp3) is 0.375. The van der Waals surface area contributed by atoms with Crippen LogP contribution in [0.25, 0.3) is 10.9 Å². The van der Waals surface area contributed by atoms with Crippen LogP contribution in [0.15, 0.2) is 18.2 Å². The zero-order valence-corrected chi connectivity index (χ0v) is 12.7. The Labute approximate surface area is 123 Å². The number of carboxylic acid groups (broad SMARTS) is 1. The Morgan fingerprint density at radius 1 is 1.24 bits per heavy atom. The highest BCUT2D eigenvalue weighted by Gasteiger charge is 2.24. The van der Waals surface area contributed by atoms with Crippen molar-refractivity contribution in [1.82, 2.24) is 10.3 Å². The molecule has 1 atom stereocenters. The lowest BCUT2D eigenvalue weighted by molar-refractivity contribution is -0.140. The number of aryl methyl sites for hydroxylation is 2. The van der Waals surface area contributed by atoms with Crippen molar-refractivity contribution in [1.29, 1.82) is 0 Å². The Bertz CT molecular complexity index is 701. The Morgan fingerprint density at radius 2 is 1.90 bits per heavy atom. The lowest BCUT2D eigenvalue weighted by Crippen LogP contribution is -2.44. The Hall–Kier alpha value is -2.30. The maximum Gasteiger partial charge on any atom is 0.326 e. The smallest absolute Gasteiger partial charge is 0.326 e. The van der Waals surface area contributed by atoms with E-state index in [1.807, 2.05) is 19.9 Å². The number of benzene rings is 1. The molecule has 0 bridgehead atoms. The molecule has 0 radical (unpaired) electrons. The van der Waals surface area contributed by atoms with E-state index < -0.39 is 12.0 Å². The van der Waals surface area contributed by atoms with Crippen molar-refractivity contribution < 1.29 is 14.7 Å². The molecule has 1 aromatic heterocycles. The quantitative estimate of drug-likeness (QED) is 0.808. The third-order valence-electron chi connectivity index (χ3n) is 3.79. The fourth-order valence-corrected chi connectivity index (χ4v) is 2.34. The van der Waals surface area contributed by atoms with Gasteiger partial charge in [0.1, 0.15) is 6.04 Å². The van der Waals surface area contributed by atoms with Gasteiger partial charge in [-0.05, 0) is 43.5 Å². The van der Waals surface area contributed by atoms with E-state index in [0.29, 0.717) is 5.56 Å². The highest BCUT2D eigenvalue weighted by molar-refractivity contribution is 6.00. The van der Waals surface area contributed by atoms with Crippen molar-refractivity contribution in [3.05, 3.63) is 35.0 Å². The maximum absolute atomic E-state index is 12.2. The molecule has 0 aliphatic heterocycles. The van der Waals surface area contributed by atoms with Crippen LogP contribution in [0, 0.1) is 19.8 Å². The third kappa shape index (κ3) is 2.91. The molecule has 2 rings (SSSR count). The number of rotatable bonds is 4. The van der Waals surface area contributed by atoms with Crippen LogP contribution in [0.4, 0.5) is 0 Å². The van der Waals surface area contributed by atoms with Crippen LogP contribution in [0.1, 0.15) is 35.5 Å². The third-order valence-corrected chi connectivity index (χ3v) is 3.79. The summed E-state index contributed by atoms with van der Waals surface area (Å²) in [6.07, 6.45) is 0. The summed E-state index contributed by atoms with van der Waals surface area (Å²) < 4.78 is 0. The van der Waals surface area contributed by atoms with Crippen LogP contribution < -0.4 is 5.32 Å². The molecule has 5 heteroatoms. The van der Waals surface area contributed by atoms with Crippen molar-refractivity contribution in [2.45, 2.75) is 33.7 Å². The minimum absolute atomic E-state index is 0.175. The van der Waals surface area contributed by atoms with Crippen molar-refractivity contribution in [2.24, 2.45) is 5.92 Å². The summed E-state index contributed by atoms with van der Waals surface area (Å²) in [7, 11) is 0. The number of carbonyl (C=O) groups excluding carboxylic acids is 1. The normalized spacial score (nSPS) is 12.6. The maximum atomic E-state index is 12.2. The minimum atomic E-state index is -1.02. The number of aliphatic carboxylic acids is 1. The fourth-order valence-electron chi connectivity index (χ4n) is 2.34. The topological polar surface area (TPSA) is 82.2 Å². The van der Waals surface area contributed by atoms with Gasteiger partial charge < -0.3 is 15.4 Å². The first kappa shape index (κ1) is 15.1. The first-order valence-corrected chi connectivity index (χ1v) is 6.94. The first-order valence-electron chi connectivity index (χ1n) is 6.94. The average molecular weight is 288 g/mol. The number of aromatic nitrogens is 1. The molecule has 0 spiro atoms. The molecule has 5 nitrogen and oxygen atoms in total. The predicted octanol–water partition coefficient (Wildman–Crippen LogP) is 2.62. The number of nitrogens with one attached hydrogen (secondary N) is 2. The summed E-state index contributed by atoms with van der Waals surface area (Å²) in [5.41, 5.74) is 3.60. The van der Waals surface area contributed by atoms with Crippen LogP contribution in [-0.4, -0.2) is 28.0 Å². The summed E-state index contributed by atoms with van der Waals surface area (Å²) in [6.45, 7) is 7.50. The van der Waals surface area contributed by atoms with E-state index in [2.05, 4.69) is 10.3 Å². The van der Waals surface area contributed by atoms with Crippen molar-refractivity contribution >= 4 is 22.8 Å². The summed E-state index contributed by atoms with van der Waals surface area (Å²) in [6, 6.07) is 4.45. The Kier molecular flexibility index (Phi) is 4.02. The number of hydrogen-bond acceptors (Lipinski definition) is 2. The summed E-state index contributed by atoms with van der Waals surface area (Å²) in [4.78, 5) is 26.6. The second-order valence-electron chi connectivity index (χ2n) is 5.67. The molecule has 0 fully saturated rings. The van der Waals surface area contributed by atoms with Crippen molar-refractivity contribution in [3.8, 4) is 0 Å². The van der Waals surface area contributed by atoms with Gasteiger partial charge in [0.05, 0.1) is 0 Å². The number of carboxylic acids is 1. The van der Waals surface area contributed by atoms with Gasteiger partial charge >= 0.3 is 5.97 Å². The Morgan fingerprint density at radius 3 is 2.48 bits per heavy atom. The van der Waals surface area contributed by atoms with Gasteiger partial charge in [-0.3, -0.25) is 4.79 Å².